The molecule has 0 saturated carbocycles. The molecular formula is C20H22FN3. The van der Waals surface area contributed by atoms with Crippen LogP contribution in [0.3, 0.4) is 0 Å². The summed E-state index contributed by atoms with van der Waals surface area (Å²) < 4.78 is 15.0. The lowest BCUT2D eigenvalue weighted by Gasteiger charge is -2.13. The van der Waals surface area contributed by atoms with Crippen molar-refractivity contribution in [1.82, 2.24) is 14.7 Å². The molecule has 0 spiro atoms. The minimum atomic E-state index is -0.216. The van der Waals surface area contributed by atoms with E-state index in [0.29, 0.717) is 0 Å². The van der Waals surface area contributed by atoms with Gasteiger partial charge < -0.3 is 4.90 Å². The van der Waals surface area contributed by atoms with E-state index in [0.717, 1.165) is 35.6 Å². The normalized spacial score (nSPS) is 11.2. The Morgan fingerprint density at radius 3 is 2.17 bits per heavy atom. The van der Waals surface area contributed by atoms with Crippen LogP contribution in [0.1, 0.15) is 18.2 Å². The predicted molar refractivity (Wildman–Crippen MR) is 95.7 cm³/mol. The lowest BCUT2D eigenvalue weighted by atomic mass is 10.1. The molecule has 3 nitrogen and oxygen atoms in total. The third kappa shape index (κ3) is 3.39. The summed E-state index contributed by atoms with van der Waals surface area (Å²) in [6.07, 6.45) is 1.94. The van der Waals surface area contributed by atoms with Crippen LogP contribution < -0.4 is 0 Å². The highest BCUT2D eigenvalue weighted by Crippen LogP contribution is 2.22. The van der Waals surface area contributed by atoms with Gasteiger partial charge in [0, 0.05) is 17.8 Å². The number of hydrogen-bond donors (Lipinski definition) is 0. The lowest BCUT2D eigenvalue weighted by Crippen LogP contribution is -2.17. The van der Waals surface area contributed by atoms with Gasteiger partial charge in [0.15, 0.2) is 0 Å². The largest absolute Gasteiger partial charge is 0.302 e. The molecule has 3 rings (SSSR count). The first-order chi connectivity index (χ1) is 11.6. The average Bonchev–Trinajstić information content (AvgIpc) is 2.96. The van der Waals surface area contributed by atoms with Crippen LogP contribution in [-0.2, 0) is 6.54 Å². The van der Waals surface area contributed by atoms with Gasteiger partial charge in [0.1, 0.15) is 5.82 Å². The van der Waals surface area contributed by atoms with Crippen molar-refractivity contribution in [1.29, 1.82) is 0 Å². The zero-order chi connectivity index (χ0) is 17.1. The minimum Gasteiger partial charge on any atom is -0.302 e. The van der Waals surface area contributed by atoms with Crippen LogP contribution in [0.4, 0.5) is 4.39 Å². The maximum atomic E-state index is 13.0. The van der Waals surface area contributed by atoms with Crippen molar-refractivity contribution in [2.75, 3.05) is 13.6 Å². The molecule has 3 aromatic rings. The number of nitrogens with zero attached hydrogens (tertiary/aromatic N) is 3. The Kier molecular flexibility index (Phi) is 4.76. The van der Waals surface area contributed by atoms with Gasteiger partial charge in [-0.3, -0.25) is 0 Å². The summed E-state index contributed by atoms with van der Waals surface area (Å²) in [4.78, 5) is 2.26. The quantitative estimate of drug-likeness (QED) is 0.692. The second-order valence-electron chi connectivity index (χ2n) is 6.05. The molecule has 24 heavy (non-hydrogen) atoms. The van der Waals surface area contributed by atoms with E-state index in [1.807, 2.05) is 35.1 Å². The van der Waals surface area contributed by atoms with E-state index in [4.69, 9.17) is 0 Å². The number of hydrogen-bond acceptors (Lipinski definition) is 2. The summed E-state index contributed by atoms with van der Waals surface area (Å²) in [7, 11) is 2.11. The Morgan fingerprint density at radius 2 is 1.58 bits per heavy atom. The molecule has 0 unspecified atom stereocenters. The van der Waals surface area contributed by atoms with E-state index in [9.17, 15) is 4.39 Å². The van der Waals surface area contributed by atoms with Gasteiger partial charge >= 0.3 is 0 Å². The van der Waals surface area contributed by atoms with Crippen LogP contribution in [0, 0.1) is 12.7 Å². The molecule has 0 aliphatic rings. The minimum absolute atomic E-state index is 0.216. The highest BCUT2D eigenvalue weighted by molar-refractivity contribution is 5.64. The van der Waals surface area contributed by atoms with Crippen molar-refractivity contribution >= 4 is 0 Å². The van der Waals surface area contributed by atoms with Gasteiger partial charge in [-0.25, -0.2) is 9.07 Å². The Hall–Kier alpha value is -2.46. The van der Waals surface area contributed by atoms with Crippen molar-refractivity contribution in [3.8, 4) is 16.8 Å². The Morgan fingerprint density at radius 1 is 1.00 bits per heavy atom. The zero-order valence-corrected chi connectivity index (χ0v) is 14.3. The summed E-state index contributed by atoms with van der Waals surface area (Å²) in [6.45, 7) is 6.15. The Labute approximate surface area is 142 Å². The fourth-order valence-electron chi connectivity index (χ4n) is 2.70. The second kappa shape index (κ2) is 6.97. The molecule has 1 heterocycles. The first-order valence-corrected chi connectivity index (χ1v) is 8.17. The van der Waals surface area contributed by atoms with Crippen molar-refractivity contribution in [3.05, 3.63) is 71.8 Å². The number of halogens is 1. The van der Waals surface area contributed by atoms with Crippen LogP contribution in [0.25, 0.3) is 16.8 Å². The first-order valence-electron chi connectivity index (χ1n) is 8.17. The second-order valence-corrected chi connectivity index (χ2v) is 6.05. The third-order valence-electron chi connectivity index (χ3n) is 4.38. The predicted octanol–water partition coefficient (Wildman–Crippen LogP) is 4.44. The Balaban J connectivity index is 1.84. The lowest BCUT2D eigenvalue weighted by molar-refractivity contribution is 0.345. The van der Waals surface area contributed by atoms with Crippen LogP contribution >= 0.6 is 0 Å². The summed E-state index contributed by atoms with van der Waals surface area (Å²) in [5, 5.41) is 4.53. The molecule has 0 bridgehead atoms. The molecule has 0 atom stereocenters. The van der Waals surface area contributed by atoms with Crippen LogP contribution in [0.2, 0.25) is 0 Å². The molecule has 0 aliphatic heterocycles. The molecule has 2 aromatic carbocycles. The number of benzene rings is 2. The van der Waals surface area contributed by atoms with Crippen LogP contribution in [-0.4, -0.2) is 28.3 Å². The first kappa shape index (κ1) is 16.4. The monoisotopic (exact) mass is 323 g/mol. The molecule has 0 saturated heterocycles. The van der Waals surface area contributed by atoms with E-state index in [-0.39, 0.29) is 5.82 Å². The molecule has 4 heteroatoms. The van der Waals surface area contributed by atoms with Gasteiger partial charge in [-0.2, -0.15) is 5.10 Å². The number of rotatable bonds is 5. The maximum absolute atomic E-state index is 13.0. The van der Waals surface area contributed by atoms with Crippen LogP contribution in [0.15, 0.2) is 54.7 Å². The van der Waals surface area contributed by atoms with Crippen molar-refractivity contribution in [3.63, 3.8) is 0 Å². The average molecular weight is 323 g/mol. The molecule has 0 radical (unpaired) electrons. The topological polar surface area (TPSA) is 21.1 Å². The van der Waals surface area contributed by atoms with Crippen molar-refractivity contribution in [2.45, 2.75) is 20.4 Å². The summed E-state index contributed by atoms with van der Waals surface area (Å²) in [6, 6.07) is 14.7. The molecule has 0 aliphatic carbocycles. The summed E-state index contributed by atoms with van der Waals surface area (Å²) >= 11 is 0. The van der Waals surface area contributed by atoms with E-state index in [1.54, 1.807) is 12.1 Å². The fraction of sp³-hybridized carbons (Fsp3) is 0.250. The third-order valence-corrected chi connectivity index (χ3v) is 4.38. The van der Waals surface area contributed by atoms with E-state index in [2.05, 4.69) is 30.9 Å². The van der Waals surface area contributed by atoms with Crippen molar-refractivity contribution < 1.29 is 4.39 Å². The van der Waals surface area contributed by atoms with E-state index >= 15 is 0 Å². The molecule has 0 N–H and O–H groups in total. The summed E-state index contributed by atoms with van der Waals surface area (Å²) in [5.74, 6) is -0.216. The Bertz CT molecular complexity index is 804. The molecule has 0 fully saturated rings. The molecular weight excluding hydrogens is 301 g/mol. The standard InChI is InChI=1S/C20H22FN3/c1-4-23(3)14-18-13-22-24(15(18)2)20-11-7-17(8-12-20)16-5-9-19(21)10-6-16/h5-13H,4,14H2,1-3H3. The van der Waals surface area contributed by atoms with Crippen LogP contribution in [0.5, 0.6) is 0 Å². The van der Waals surface area contributed by atoms with E-state index < -0.39 is 0 Å². The van der Waals surface area contributed by atoms with Gasteiger partial charge in [-0.1, -0.05) is 31.2 Å². The van der Waals surface area contributed by atoms with Gasteiger partial charge in [-0.05, 0) is 55.9 Å². The molecule has 124 valence electrons. The van der Waals surface area contributed by atoms with Gasteiger partial charge in [0.05, 0.1) is 11.9 Å². The highest BCUT2D eigenvalue weighted by Gasteiger charge is 2.10. The smallest absolute Gasteiger partial charge is 0.123 e. The maximum Gasteiger partial charge on any atom is 0.123 e. The number of aromatic nitrogens is 2. The van der Waals surface area contributed by atoms with Gasteiger partial charge in [0.2, 0.25) is 0 Å². The van der Waals surface area contributed by atoms with Gasteiger partial charge in [0.25, 0.3) is 0 Å². The van der Waals surface area contributed by atoms with E-state index in [1.165, 1.54) is 17.7 Å². The zero-order valence-electron chi connectivity index (χ0n) is 14.3. The fourth-order valence-corrected chi connectivity index (χ4v) is 2.70. The van der Waals surface area contributed by atoms with Gasteiger partial charge in [-0.15, -0.1) is 0 Å². The molecule has 0 amide bonds. The molecule has 1 aromatic heterocycles. The SMILES string of the molecule is CCN(C)Cc1cnn(-c2ccc(-c3ccc(F)cc3)cc2)c1C. The van der Waals surface area contributed by atoms with Crippen molar-refractivity contribution in [2.24, 2.45) is 0 Å². The highest BCUT2D eigenvalue weighted by atomic mass is 19.1. The summed E-state index contributed by atoms with van der Waals surface area (Å²) in [5.41, 5.74) is 5.50.